The monoisotopic (exact) mass is 227 g/mol. The molecule has 2 nitrogen and oxygen atoms in total. The molecule has 0 aliphatic heterocycles. The van der Waals surface area contributed by atoms with Crippen molar-refractivity contribution in [3.05, 3.63) is 34.3 Å². The van der Waals surface area contributed by atoms with E-state index < -0.39 is 0 Å². The molecule has 3 heteroatoms. The van der Waals surface area contributed by atoms with Crippen molar-refractivity contribution in [1.82, 2.24) is 0 Å². The number of hydrogen-bond donors (Lipinski definition) is 2. The van der Waals surface area contributed by atoms with Crippen LogP contribution in [0.1, 0.15) is 24.5 Å². The molecule has 0 aromatic heterocycles. The summed E-state index contributed by atoms with van der Waals surface area (Å²) in [4.78, 5) is 0. The molecule has 3 N–H and O–H groups in total. The fourth-order valence-corrected chi connectivity index (χ4v) is 1.74. The molecule has 15 heavy (non-hydrogen) atoms. The zero-order valence-electron chi connectivity index (χ0n) is 9.20. The summed E-state index contributed by atoms with van der Waals surface area (Å²) >= 11 is 5.92. The summed E-state index contributed by atoms with van der Waals surface area (Å²) in [6.45, 7) is 3.86. The number of benzene rings is 1. The summed E-state index contributed by atoms with van der Waals surface area (Å²) < 4.78 is 0. The number of aliphatic hydroxyl groups excluding tert-OH is 1. The van der Waals surface area contributed by atoms with Gasteiger partial charge in [0.05, 0.1) is 6.10 Å². The van der Waals surface area contributed by atoms with E-state index in [2.05, 4.69) is 0 Å². The summed E-state index contributed by atoms with van der Waals surface area (Å²) in [6, 6.07) is 5.85. The first-order chi connectivity index (χ1) is 6.99. The maximum absolute atomic E-state index is 9.72. The fraction of sp³-hybridized carbons (Fsp3) is 0.500. The molecule has 0 aliphatic carbocycles. The van der Waals surface area contributed by atoms with Gasteiger partial charge < -0.3 is 10.8 Å². The predicted octanol–water partition coefficient (Wildman–Crippen LogP) is 2.29. The van der Waals surface area contributed by atoms with Crippen molar-refractivity contribution < 1.29 is 5.11 Å². The smallest absolute Gasteiger partial charge is 0.0595 e. The van der Waals surface area contributed by atoms with Crippen LogP contribution in [-0.4, -0.2) is 17.3 Å². The van der Waals surface area contributed by atoms with E-state index in [1.807, 2.05) is 32.0 Å². The van der Waals surface area contributed by atoms with Crippen LogP contribution in [-0.2, 0) is 6.42 Å². The molecule has 1 rings (SSSR count). The van der Waals surface area contributed by atoms with Crippen LogP contribution in [0.2, 0.25) is 5.02 Å². The van der Waals surface area contributed by atoms with Gasteiger partial charge in [-0.15, -0.1) is 0 Å². The van der Waals surface area contributed by atoms with E-state index in [4.69, 9.17) is 17.3 Å². The molecule has 0 heterocycles. The highest BCUT2D eigenvalue weighted by atomic mass is 35.5. The largest absolute Gasteiger partial charge is 0.393 e. The Bertz CT molecular complexity index is 325. The van der Waals surface area contributed by atoms with Gasteiger partial charge in [0.25, 0.3) is 0 Å². The van der Waals surface area contributed by atoms with Crippen molar-refractivity contribution in [3.8, 4) is 0 Å². The molecule has 1 aromatic rings. The van der Waals surface area contributed by atoms with Gasteiger partial charge in [-0.25, -0.2) is 0 Å². The third-order valence-corrected chi connectivity index (χ3v) is 2.76. The third-order valence-electron chi connectivity index (χ3n) is 2.34. The van der Waals surface area contributed by atoms with Gasteiger partial charge in [-0.1, -0.05) is 23.7 Å². The standard InChI is InChI=1S/C12H18ClNO/c1-8-5-10(3-4-12(8)13)7-11(15)6-9(2)14/h3-5,9,11,15H,6-7,14H2,1-2H3/t9-,11?/m0/s1. The molecule has 2 atom stereocenters. The van der Waals surface area contributed by atoms with E-state index in [9.17, 15) is 5.11 Å². The van der Waals surface area contributed by atoms with Crippen LogP contribution in [0.3, 0.4) is 0 Å². The van der Waals surface area contributed by atoms with Crippen molar-refractivity contribution >= 4 is 11.6 Å². The Morgan fingerprint density at radius 3 is 2.67 bits per heavy atom. The summed E-state index contributed by atoms with van der Waals surface area (Å²) in [7, 11) is 0. The van der Waals surface area contributed by atoms with Crippen LogP contribution >= 0.6 is 11.6 Å². The van der Waals surface area contributed by atoms with Gasteiger partial charge in [-0.05, 0) is 43.9 Å². The molecule has 1 unspecified atom stereocenters. The molecule has 1 aromatic carbocycles. The number of aryl methyl sites for hydroxylation is 1. The number of rotatable bonds is 4. The second kappa shape index (κ2) is 5.50. The Morgan fingerprint density at radius 1 is 1.47 bits per heavy atom. The van der Waals surface area contributed by atoms with Gasteiger partial charge in [0.2, 0.25) is 0 Å². The van der Waals surface area contributed by atoms with Crippen LogP contribution in [0.4, 0.5) is 0 Å². The van der Waals surface area contributed by atoms with Crippen LogP contribution < -0.4 is 5.73 Å². The quantitative estimate of drug-likeness (QED) is 0.829. The lowest BCUT2D eigenvalue weighted by atomic mass is 10.0. The highest BCUT2D eigenvalue weighted by molar-refractivity contribution is 6.31. The van der Waals surface area contributed by atoms with Crippen molar-refractivity contribution in [3.63, 3.8) is 0 Å². The van der Waals surface area contributed by atoms with Crippen molar-refractivity contribution in [2.24, 2.45) is 5.73 Å². The molecule has 0 radical (unpaired) electrons. The minimum atomic E-state index is -0.370. The summed E-state index contributed by atoms with van der Waals surface area (Å²) in [6.07, 6.45) is 0.895. The number of hydrogen-bond acceptors (Lipinski definition) is 2. The summed E-state index contributed by atoms with van der Waals surface area (Å²) in [5.41, 5.74) is 7.77. The second-order valence-electron chi connectivity index (χ2n) is 4.15. The molecule has 0 fully saturated rings. The lowest BCUT2D eigenvalue weighted by Gasteiger charge is -2.13. The van der Waals surface area contributed by atoms with Crippen LogP contribution in [0.5, 0.6) is 0 Å². The van der Waals surface area contributed by atoms with Gasteiger partial charge in [-0.3, -0.25) is 0 Å². The molecule has 0 spiro atoms. The normalized spacial score (nSPS) is 15.0. The first kappa shape index (κ1) is 12.5. The van der Waals surface area contributed by atoms with Gasteiger partial charge in [0.1, 0.15) is 0 Å². The average Bonchev–Trinajstić information content (AvgIpc) is 2.10. The third kappa shape index (κ3) is 4.20. The lowest BCUT2D eigenvalue weighted by molar-refractivity contribution is 0.158. The first-order valence-electron chi connectivity index (χ1n) is 5.17. The van der Waals surface area contributed by atoms with Gasteiger partial charge in [0.15, 0.2) is 0 Å². The summed E-state index contributed by atoms with van der Waals surface area (Å²) in [5, 5.41) is 10.5. The van der Waals surface area contributed by atoms with E-state index in [0.29, 0.717) is 12.8 Å². The zero-order chi connectivity index (χ0) is 11.4. The van der Waals surface area contributed by atoms with Crippen LogP contribution in [0, 0.1) is 6.92 Å². The van der Waals surface area contributed by atoms with Crippen LogP contribution in [0.25, 0.3) is 0 Å². The Balaban J connectivity index is 2.60. The van der Waals surface area contributed by atoms with E-state index in [0.717, 1.165) is 16.1 Å². The second-order valence-corrected chi connectivity index (χ2v) is 4.56. The molecule has 0 bridgehead atoms. The number of aliphatic hydroxyl groups is 1. The predicted molar refractivity (Wildman–Crippen MR) is 64.2 cm³/mol. The van der Waals surface area contributed by atoms with Gasteiger partial charge in [0, 0.05) is 11.1 Å². The fourth-order valence-electron chi connectivity index (χ4n) is 1.62. The Labute approximate surface area is 96.1 Å². The molecule has 0 saturated carbocycles. The first-order valence-corrected chi connectivity index (χ1v) is 5.55. The number of halogens is 1. The topological polar surface area (TPSA) is 46.2 Å². The van der Waals surface area contributed by atoms with Gasteiger partial charge >= 0.3 is 0 Å². The Hall–Kier alpha value is -0.570. The summed E-state index contributed by atoms with van der Waals surface area (Å²) in [5.74, 6) is 0. The zero-order valence-corrected chi connectivity index (χ0v) is 9.96. The van der Waals surface area contributed by atoms with E-state index >= 15 is 0 Å². The molecular formula is C12H18ClNO. The SMILES string of the molecule is Cc1cc(CC(O)C[C@H](C)N)ccc1Cl. The number of nitrogens with two attached hydrogens (primary N) is 1. The lowest BCUT2D eigenvalue weighted by Crippen LogP contribution is -2.24. The highest BCUT2D eigenvalue weighted by Gasteiger charge is 2.08. The van der Waals surface area contributed by atoms with E-state index in [-0.39, 0.29) is 12.1 Å². The van der Waals surface area contributed by atoms with E-state index in [1.165, 1.54) is 0 Å². The molecule has 0 amide bonds. The minimum Gasteiger partial charge on any atom is -0.393 e. The average molecular weight is 228 g/mol. The van der Waals surface area contributed by atoms with E-state index in [1.54, 1.807) is 0 Å². The molecular weight excluding hydrogens is 210 g/mol. The molecule has 0 aliphatic rings. The van der Waals surface area contributed by atoms with Crippen LogP contribution in [0.15, 0.2) is 18.2 Å². The van der Waals surface area contributed by atoms with Crippen molar-refractivity contribution in [2.75, 3.05) is 0 Å². The Morgan fingerprint density at radius 2 is 2.13 bits per heavy atom. The maximum Gasteiger partial charge on any atom is 0.0595 e. The van der Waals surface area contributed by atoms with Crippen molar-refractivity contribution in [1.29, 1.82) is 0 Å². The molecule has 0 saturated heterocycles. The molecule has 84 valence electrons. The highest BCUT2D eigenvalue weighted by Crippen LogP contribution is 2.17. The minimum absolute atomic E-state index is 0.0356. The van der Waals surface area contributed by atoms with Gasteiger partial charge in [-0.2, -0.15) is 0 Å². The van der Waals surface area contributed by atoms with Crippen molar-refractivity contribution in [2.45, 2.75) is 38.8 Å². The maximum atomic E-state index is 9.72. The Kier molecular flexibility index (Phi) is 4.58.